The van der Waals surface area contributed by atoms with Crippen molar-refractivity contribution in [2.75, 3.05) is 7.11 Å². The number of benzene rings is 2. The SMILES string of the molecule is COc1ccc(Cn2c(=O)ccc3ccccc32)cc1Br. The van der Waals surface area contributed by atoms with Crippen LogP contribution in [0.1, 0.15) is 5.56 Å². The Bertz CT molecular complexity index is 855. The molecular weight excluding hydrogens is 330 g/mol. The summed E-state index contributed by atoms with van der Waals surface area (Å²) in [5, 5.41) is 1.06. The first-order chi connectivity index (χ1) is 10.2. The molecule has 0 bridgehead atoms. The molecule has 0 fully saturated rings. The van der Waals surface area contributed by atoms with Gasteiger partial charge >= 0.3 is 0 Å². The average molecular weight is 344 g/mol. The maximum Gasteiger partial charge on any atom is 0.251 e. The van der Waals surface area contributed by atoms with Crippen LogP contribution in [0.5, 0.6) is 5.75 Å². The average Bonchev–Trinajstić information content (AvgIpc) is 2.50. The second-order valence-electron chi connectivity index (χ2n) is 4.79. The van der Waals surface area contributed by atoms with E-state index in [2.05, 4.69) is 15.9 Å². The fourth-order valence-corrected chi connectivity index (χ4v) is 2.99. The van der Waals surface area contributed by atoms with Crippen molar-refractivity contribution in [1.29, 1.82) is 0 Å². The standard InChI is InChI=1S/C17H14BrNO2/c1-21-16-8-6-12(10-14(16)18)11-19-15-5-3-2-4-13(15)7-9-17(19)20/h2-10H,11H2,1H3. The molecule has 0 aliphatic heterocycles. The summed E-state index contributed by atoms with van der Waals surface area (Å²) in [6.07, 6.45) is 0. The highest BCUT2D eigenvalue weighted by atomic mass is 79.9. The van der Waals surface area contributed by atoms with Crippen LogP contribution in [0.4, 0.5) is 0 Å². The van der Waals surface area contributed by atoms with E-state index in [1.54, 1.807) is 17.7 Å². The van der Waals surface area contributed by atoms with Gasteiger partial charge in [0, 0.05) is 6.07 Å². The largest absolute Gasteiger partial charge is 0.496 e. The predicted molar refractivity (Wildman–Crippen MR) is 88.0 cm³/mol. The number of para-hydroxylation sites is 1. The topological polar surface area (TPSA) is 31.2 Å². The Morgan fingerprint density at radius 3 is 2.67 bits per heavy atom. The molecular formula is C17H14BrNO2. The zero-order valence-corrected chi connectivity index (χ0v) is 13.1. The molecule has 0 saturated carbocycles. The number of rotatable bonds is 3. The van der Waals surface area contributed by atoms with E-state index >= 15 is 0 Å². The van der Waals surface area contributed by atoms with Gasteiger partial charge in [0.2, 0.25) is 0 Å². The zero-order valence-electron chi connectivity index (χ0n) is 11.5. The van der Waals surface area contributed by atoms with Crippen LogP contribution in [0.3, 0.4) is 0 Å². The van der Waals surface area contributed by atoms with E-state index in [0.717, 1.165) is 26.7 Å². The van der Waals surface area contributed by atoms with Gasteiger partial charge < -0.3 is 9.30 Å². The lowest BCUT2D eigenvalue weighted by Gasteiger charge is -2.11. The van der Waals surface area contributed by atoms with Crippen LogP contribution in [0.15, 0.2) is 63.9 Å². The lowest BCUT2D eigenvalue weighted by molar-refractivity contribution is 0.412. The van der Waals surface area contributed by atoms with Gasteiger partial charge in [-0.25, -0.2) is 0 Å². The highest BCUT2D eigenvalue weighted by molar-refractivity contribution is 9.10. The Morgan fingerprint density at radius 2 is 1.90 bits per heavy atom. The third kappa shape index (κ3) is 2.72. The minimum atomic E-state index is 0.000593. The van der Waals surface area contributed by atoms with Gasteiger partial charge in [-0.2, -0.15) is 0 Å². The number of aromatic nitrogens is 1. The maximum absolute atomic E-state index is 12.2. The summed E-state index contributed by atoms with van der Waals surface area (Å²) in [6.45, 7) is 0.531. The van der Waals surface area contributed by atoms with Crippen molar-refractivity contribution in [2.45, 2.75) is 6.54 Å². The summed E-state index contributed by atoms with van der Waals surface area (Å²) in [5.74, 6) is 0.781. The van der Waals surface area contributed by atoms with Crippen LogP contribution in [0.2, 0.25) is 0 Å². The molecule has 0 aliphatic carbocycles. The second kappa shape index (κ2) is 5.74. The first-order valence-electron chi connectivity index (χ1n) is 6.60. The Balaban J connectivity index is 2.07. The monoisotopic (exact) mass is 343 g/mol. The van der Waals surface area contributed by atoms with Gasteiger partial charge in [-0.05, 0) is 51.1 Å². The summed E-state index contributed by atoms with van der Waals surface area (Å²) >= 11 is 3.48. The molecule has 21 heavy (non-hydrogen) atoms. The molecule has 0 atom stereocenters. The van der Waals surface area contributed by atoms with Gasteiger partial charge in [-0.1, -0.05) is 24.3 Å². The summed E-state index contributed by atoms with van der Waals surface area (Å²) in [4.78, 5) is 12.2. The quantitative estimate of drug-likeness (QED) is 0.723. The van der Waals surface area contributed by atoms with E-state index in [1.165, 1.54) is 0 Å². The number of pyridine rings is 1. The van der Waals surface area contributed by atoms with Crippen LogP contribution in [-0.4, -0.2) is 11.7 Å². The predicted octanol–water partition coefficient (Wildman–Crippen LogP) is 3.82. The molecule has 0 radical (unpaired) electrons. The van der Waals surface area contributed by atoms with Crippen molar-refractivity contribution in [3.63, 3.8) is 0 Å². The van der Waals surface area contributed by atoms with E-state index < -0.39 is 0 Å². The normalized spacial score (nSPS) is 10.8. The van der Waals surface area contributed by atoms with E-state index in [-0.39, 0.29) is 5.56 Å². The second-order valence-corrected chi connectivity index (χ2v) is 5.64. The lowest BCUT2D eigenvalue weighted by atomic mass is 10.1. The molecule has 0 amide bonds. The number of hydrogen-bond donors (Lipinski definition) is 0. The van der Waals surface area contributed by atoms with Crippen molar-refractivity contribution in [3.05, 3.63) is 75.0 Å². The van der Waals surface area contributed by atoms with Gasteiger partial charge in [0.15, 0.2) is 0 Å². The van der Waals surface area contributed by atoms with Gasteiger partial charge in [-0.15, -0.1) is 0 Å². The molecule has 1 heterocycles. The van der Waals surface area contributed by atoms with E-state index in [9.17, 15) is 4.79 Å². The smallest absolute Gasteiger partial charge is 0.251 e. The van der Waals surface area contributed by atoms with Crippen LogP contribution >= 0.6 is 15.9 Å². The summed E-state index contributed by atoms with van der Waals surface area (Å²) in [6, 6.07) is 17.2. The van der Waals surface area contributed by atoms with Crippen LogP contribution in [-0.2, 0) is 6.54 Å². The van der Waals surface area contributed by atoms with Gasteiger partial charge in [-0.3, -0.25) is 4.79 Å². The van der Waals surface area contributed by atoms with Crippen molar-refractivity contribution >= 4 is 26.8 Å². The van der Waals surface area contributed by atoms with Crippen LogP contribution in [0.25, 0.3) is 10.9 Å². The van der Waals surface area contributed by atoms with E-state index in [4.69, 9.17) is 4.74 Å². The number of ether oxygens (including phenoxy) is 1. The van der Waals surface area contributed by atoms with Crippen molar-refractivity contribution < 1.29 is 4.74 Å². The summed E-state index contributed by atoms with van der Waals surface area (Å²) in [5.41, 5.74) is 1.98. The molecule has 4 heteroatoms. The maximum atomic E-state index is 12.2. The molecule has 3 nitrogen and oxygen atoms in total. The van der Waals surface area contributed by atoms with Gasteiger partial charge in [0.05, 0.1) is 23.6 Å². The number of fused-ring (bicyclic) bond motifs is 1. The summed E-state index contributed by atoms with van der Waals surface area (Å²) in [7, 11) is 1.63. The minimum absolute atomic E-state index is 0.000593. The van der Waals surface area contributed by atoms with Crippen molar-refractivity contribution in [1.82, 2.24) is 4.57 Å². The number of hydrogen-bond acceptors (Lipinski definition) is 2. The Hall–Kier alpha value is -2.07. The lowest BCUT2D eigenvalue weighted by Crippen LogP contribution is -2.19. The molecule has 1 aromatic heterocycles. The molecule has 0 N–H and O–H groups in total. The van der Waals surface area contributed by atoms with Crippen molar-refractivity contribution in [2.24, 2.45) is 0 Å². The highest BCUT2D eigenvalue weighted by Crippen LogP contribution is 2.26. The Morgan fingerprint density at radius 1 is 1.10 bits per heavy atom. The van der Waals surface area contributed by atoms with E-state index in [1.807, 2.05) is 48.5 Å². The molecule has 0 saturated heterocycles. The Labute approximate surface area is 130 Å². The molecule has 2 aromatic carbocycles. The van der Waals surface area contributed by atoms with Crippen LogP contribution < -0.4 is 10.3 Å². The minimum Gasteiger partial charge on any atom is -0.496 e. The first kappa shape index (κ1) is 13.9. The van der Waals surface area contributed by atoms with E-state index in [0.29, 0.717) is 6.54 Å². The third-order valence-corrected chi connectivity index (χ3v) is 4.08. The van der Waals surface area contributed by atoms with Crippen molar-refractivity contribution in [3.8, 4) is 5.75 Å². The molecule has 0 unspecified atom stereocenters. The number of methoxy groups -OCH3 is 1. The van der Waals surface area contributed by atoms with Gasteiger partial charge in [0.1, 0.15) is 5.75 Å². The zero-order chi connectivity index (χ0) is 14.8. The number of halogens is 1. The van der Waals surface area contributed by atoms with Gasteiger partial charge in [0.25, 0.3) is 5.56 Å². The first-order valence-corrected chi connectivity index (χ1v) is 7.39. The molecule has 0 aliphatic rings. The molecule has 3 aromatic rings. The number of nitrogens with zero attached hydrogens (tertiary/aromatic N) is 1. The highest BCUT2D eigenvalue weighted by Gasteiger charge is 2.06. The molecule has 106 valence electrons. The molecule has 0 spiro atoms. The van der Waals surface area contributed by atoms with Crippen LogP contribution in [0, 0.1) is 0 Å². The summed E-state index contributed by atoms with van der Waals surface area (Å²) < 4.78 is 7.90. The third-order valence-electron chi connectivity index (χ3n) is 3.46. The fraction of sp³-hybridized carbons (Fsp3) is 0.118. The Kier molecular flexibility index (Phi) is 3.80. The molecule has 3 rings (SSSR count). The fourth-order valence-electron chi connectivity index (χ4n) is 2.40.